The fourth-order valence-electron chi connectivity index (χ4n) is 2.36. The molecule has 1 saturated heterocycles. The summed E-state index contributed by atoms with van der Waals surface area (Å²) in [4.78, 5) is 25.1. The van der Waals surface area contributed by atoms with Crippen molar-refractivity contribution in [1.29, 1.82) is 0 Å². The molecule has 0 aliphatic carbocycles. The monoisotopic (exact) mass is 328 g/mol. The van der Waals surface area contributed by atoms with Crippen molar-refractivity contribution in [2.45, 2.75) is 6.42 Å². The van der Waals surface area contributed by atoms with E-state index in [0.717, 1.165) is 0 Å². The summed E-state index contributed by atoms with van der Waals surface area (Å²) in [6.07, 6.45) is 0.289. The van der Waals surface area contributed by atoms with Crippen LogP contribution in [0.2, 0.25) is 0 Å². The van der Waals surface area contributed by atoms with E-state index in [1.807, 2.05) is 0 Å². The van der Waals surface area contributed by atoms with Gasteiger partial charge in [0.05, 0.1) is 24.0 Å². The molecule has 1 heterocycles. The number of likely N-dealkylation sites (N-methyl/N-ethyl adjacent to an activating group) is 1. The van der Waals surface area contributed by atoms with Crippen LogP contribution < -0.4 is 5.32 Å². The molecule has 120 valence electrons. The standard InChI is InChI=1S/C14H17FN2O4S/c1-17(14(19)10-5-6-22(20,21)9-10)8-13(18)16-12-4-2-3-11(15)7-12/h2-4,7,10H,5-6,8-9H2,1H3,(H,16,18)/t10-/m1/s1. The Morgan fingerprint density at radius 2 is 2.14 bits per heavy atom. The van der Waals surface area contributed by atoms with E-state index in [-0.39, 0.29) is 30.4 Å². The molecule has 1 aromatic rings. The van der Waals surface area contributed by atoms with Crippen molar-refractivity contribution in [3.8, 4) is 0 Å². The van der Waals surface area contributed by atoms with E-state index in [9.17, 15) is 22.4 Å². The summed E-state index contributed by atoms with van der Waals surface area (Å²) in [5, 5.41) is 2.48. The predicted octanol–water partition coefficient (Wildman–Crippen LogP) is 0.657. The minimum absolute atomic E-state index is 0.00668. The molecule has 0 saturated carbocycles. The minimum Gasteiger partial charge on any atom is -0.336 e. The molecule has 1 atom stereocenters. The average molecular weight is 328 g/mol. The van der Waals surface area contributed by atoms with Crippen molar-refractivity contribution in [2.24, 2.45) is 5.92 Å². The van der Waals surface area contributed by atoms with Gasteiger partial charge in [-0.3, -0.25) is 9.59 Å². The topological polar surface area (TPSA) is 83.6 Å². The van der Waals surface area contributed by atoms with E-state index >= 15 is 0 Å². The maximum atomic E-state index is 13.0. The van der Waals surface area contributed by atoms with Crippen LogP contribution in [0.25, 0.3) is 0 Å². The van der Waals surface area contributed by atoms with Crippen molar-refractivity contribution in [3.05, 3.63) is 30.1 Å². The number of rotatable bonds is 4. The largest absolute Gasteiger partial charge is 0.336 e. The number of carbonyl (C=O) groups is 2. The molecule has 0 radical (unpaired) electrons. The molecule has 0 spiro atoms. The highest BCUT2D eigenvalue weighted by atomic mass is 32.2. The molecule has 1 aliphatic rings. The summed E-state index contributed by atoms with van der Waals surface area (Å²) < 4.78 is 35.8. The van der Waals surface area contributed by atoms with E-state index in [0.29, 0.717) is 5.69 Å². The second kappa shape index (κ2) is 6.43. The lowest BCUT2D eigenvalue weighted by molar-refractivity contribution is -0.136. The number of hydrogen-bond donors (Lipinski definition) is 1. The van der Waals surface area contributed by atoms with Gasteiger partial charge in [-0.05, 0) is 24.6 Å². The highest BCUT2D eigenvalue weighted by molar-refractivity contribution is 7.91. The number of carbonyl (C=O) groups excluding carboxylic acids is 2. The molecule has 1 fully saturated rings. The summed E-state index contributed by atoms with van der Waals surface area (Å²) in [7, 11) is -1.70. The maximum absolute atomic E-state index is 13.0. The fourth-order valence-corrected chi connectivity index (χ4v) is 4.09. The van der Waals surface area contributed by atoms with Crippen LogP contribution in [0.1, 0.15) is 6.42 Å². The van der Waals surface area contributed by atoms with Gasteiger partial charge in [-0.2, -0.15) is 0 Å². The third-order valence-corrected chi connectivity index (χ3v) is 5.21. The molecule has 0 unspecified atom stereocenters. The highest BCUT2D eigenvalue weighted by Crippen LogP contribution is 2.20. The Morgan fingerprint density at radius 1 is 1.41 bits per heavy atom. The van der Waals surface area contributed by atoms with Gasteiger partial charge in [0.2, 0.25) is 11.8 Å². The molecular weight excluding hydrogens is 311 g/mol. The normalized spacial score (nSPS) is 19.6. The Labute approximate surface area is 128 Å². The fraction of sp³-hybridized carbons (Fsp3) is 0.429. The van der Waals surface area contributed by atoms with Gasteiger partial charge in [-0.1, -0.05) is 6.07 Å². The van der Waals surface area contributed by atoms with Crippen LogP contribution >= 0.6 is 0 Å². The summed E-state index contributed by atoms with van der Waals surface area (Å²) in [6.45, 7) is -0.216. The summed E-state index contributed by atoms with van der Waals surface area (Å²) in [6, 6.07) is 5.42. The molecular formula is C14H17FN2O4S. The number of nitrogens with one attached hydrogen (secondary N) is 1. The van der Waals surface area contributed by atoms with Crippen molar-refractivity contribution >= 4 is 27.3 Å². The van der Waals surface area contributed by atoms with E-state index in [1.165, 1.54) is 36.2 Å². The van der Waals surface area contributed by atoms with Gasteiger partial charge in [-0.25, -0.2) is 12.8 Å². The maximum Gasteiger partial charge on any atom is 0.243 e. The van der Waals surface area contributed by atoms with Crippen LogP contribution in [0.4, 0.5) is 10.1 Å². The van der Waals surface area contributed by atoms with Gasteiger partial charge in [-0.15, -0.1) is 0 Å². The molecule has 1 aliphatic heterocycles. The van der Waals surface area contributed by atoms with Gasteiger partial charge < -0.3 is 10.2 Å². The Kier molecular flexibility index (Phi) is 4.80. The van der Waals surface area contributed by atoms with Crippen molar-refractivity contribution in [1.82, 2.24) is 4.90 Å². The van der Waals surface area contributed by atoms with Crippen molar-refractivity contribution < 1.29 is 22.4 Å². The van der Waals surface area contributed by atoms with E-state index < -0.39 is 27.5 Å². The number of hydrogen-bond acceptors (Lipinski definition) is 4. The van der Waals surface area contributed by atoms with E-state index in [4.69, 9.17) is 0 Å². The first-order valence-electron chi connectivity index (χ1n) is 6.78. The molecule has 2 rings (SSSR count). The molecule has 22 heavy (non-hydrogen) atoms. The zero-order chi connectivity index (χ0) is 16.3. The van der Waals surface area contributed by atoms with Crippen molar-refractivity contribution in [2.75, 3.05) is 30.4 Å². The molecule has 6 nitrogen and oxygen atoms in total. The van der Waals surface area contributed by atoms with Crippen LogP contribution in [-0.2, 0) is 19.4 Å². The van der Waals surface area contributed by atoms with Gasteiger partial charge >= 0.3 is 0 Å². The average Bonchev–Trinajstić information content (AvgIpc) is 2.78. The zero-order valence-corrected chi connectivity index (χ0v) is 12.9. The van der Waals surface area contributed by atoms with Crippen LogP contribution in [0, 0.1) is 11.7 Å². The Hall–Kier alpha value is -1.96. The third kappa shape index (κ3) is 4.27. The second-order valence-electron chi connectivity index (χ2n) is 5.35. The third-order valence-electron chi connectivity index (χ3n) is 3.45. The first-order valence-corrected chi connectivity index (χ1v) is 8.60. The van der Waals surface area contributed by atoms with Crippen LogP contribution in [0.5, 0.6) is 0 Å². The Bertz CT molecular complexity index is 690. The van der Waals surface area contributed by atoms with Gasteiger partial charge in [0.15, 0.2) is 9.84 Å². The summed E-state index contributed by atoms with van der Waals surface area (Å²) in [5.74, 6) is -2.05. The zero-order valence-electron chi connectivity index (χ0n) is 12.1. The smallest absolute Gasteiger partial charge is 0.243 e. The number of amides is 2. The lowest BCUT2D eigenvalue weighted by Crippen LogP contribution is -2.39. The van der Waals surface area contributed by atoms with E-state index in [2.05, 4.69) is 5.32 Å². The molecule has 8 heteroatoms. The van der Waals surface area contributed by atoms with E-state index in [1.54, 1.807) is 0 Å². The SMILES string of the molecule is CN(CC(=O)Nc1cccc(F)c1)C(=O)[C@@H]1CCS(=O)(=O)C1. The number of sulfone groups is 1. The van der Waals surface area contributed by atoms with Crippen LogP contribution in [0.15, 0.2) is 24.3 Å². The van der Waals surface area contributed by atoms with Gasteiger partial charge in [0.25, 0.3) is 0 Å². The van der Waals surface area contributed by atoms with Gasteiger partial charge in [0, 0.05) is 12.7 Å². The molecule has 1 N–H and O–H groups in total. The number of anilines is 1. The molecule has 2 amide bonds. The number of nitrogens with zero attached hydrogens (tertiary/aromatic N) is 1. The summed E-state index contributed by atoms with van der Waals surface area (Å²) in [5.41, 5.74) is 0.300. The molecule has 0 bridgehead atoms. The van der Waals surface area contributed by atoms with Crippen LogP contribution in [-0.4, -0.2) is 50.2 Å². The van der Waals surface area contributed by atoms with Crippen LogP contribution in [0.3, 0.4) is 0 Å². The predicted molar refractivity (Wildman–Crippen MR) is 79.4 cm³/mol. The Balaban J connectivity index is 1.90. The van der Waals surface area contributed by atoms with Gasteiger partial charge in [0.1, 0.15) is 5.82 Å². The lowest BCUT2D eigenvalue weighted by atomic mass is 10.1. The summed E-state index contributed by atoms with van der Waals surface area (Å²) >= 11 is 0. The van der Waals surface area contributed by atoms with Crippen molar-refractivity contribution in [3.63, 3.8) is 0 Å². The number of halogens is 1. The minimum atomic E-state index is -3.15. The quantitative estimate of drug-likeness (QED) is 0.880. The first kappa shape index (κ1) is 16.4. The molecule has 1 aromatic carbocycles. The first-order chi connectivity index (χ1) is 10.3. The second-order valence-corrected chi connectivity index (χ2v) is 7.58. The highest BCUT2D eigenvalue weighted by Gasteiger charge is 2.34. The molecule has 0 aromatic heterocycles. The number of benzene rings is 1. The Morgan fingerprint density at radius 3 is 2.73 bits per heavy atom. The lowest BCUT2D eigenvalue weighted by Gasteiger charge is -2.19.